The number of nitrogens with zero attached hydrogens (tertiary/aromatic N) is 1. The van der Waals surface area contributed by atoms with Crippen LogP contribution in [0.1, 0.15) is 277 Å². The van der Waals surface area contributed by atoms with E-state index < -0.39 is 24.3 Å². The maximum atomic E-state index is 12.9. The number of aliphatic carboxylic acids is 1. The molecule has 0 aromatic carbocycles. The summed E-state index contributed by atoms with van der Waals surface area (Å²) in [5.41, 5.74) is 0. The minimum Gasteiger partial charge on any atom is -0.545 e. The Bertz CT molecular complexity index is 1400. The summed E-state index contributed by atoms with van der Waals surface area (Å²) in [6.45, 7) is 4.67. The van der Waals surface area contributed by atoms with Gasteiger partial charge in [-0.3, -0.25) is 9.59 Å². The van der Waals surface area contributed by atoms with E-state index in [0.29, 0.717) is 23.9 Å². The fourth-order valence-electron chi connectivity index (χ4n) is 8.80. The first-order chi connectivity index (χ1) is 36.1. The molecular formula is C65H117NO8. The Labute approximate surface area is 456 Å². The molecule has 0 amide bonds. The number of rotatable bonds is 57. The van der Waals surface area contributed by atoms with Crippen molar-refractivity contribution in [2.24, 2.45) is 0 Å². The molecule has 2 atom stereocenters. The lowest BCUT2D eigenvalue weighted by Crippen LogP contribution is -2.44. The molecule has 0 N–H and O–H groups in total. The van der Waals surface area contributed by atoms with Gasteiger partial charge in [-0.15, -0.1) is 0 Å². The highest BCUT2D eigenvalue weighted by atomic mass is 16.7. The number of unbranched alkanes of at least 4 members (excludes halogenated alkanes) is 32. The van der Waals surface area contributed by atoms with Gasteiger partial charge in [0.05, 0.1) is 40.3 Å². The van der Waals surface area contributed by atoms with Crippen LogP contribution >= 0.6 is 0 Å². The molecule has 0 saturated heterocycles. The van der Waals surface area contributed by atoms with E-state index >= 15 is 0 Å². The molecule has 0 saturated carbocycles. The first-order valence-corrected chi connectivity index (χ1v) is 30.9. The number of carboxylic acid groups (broad SMARTS) is 1. The number of carbonyl (C=O) groups excluding carboxylic acids is 3. The maximum absolute atomic E-state index is 12.9. The lowest BCUT2D eigenvalue weighted by Gasteiger charge is -2.26. The molecule has 2 unspecified atom stereocenters. The van der Waals surface area contributed by atoms with Crippen molar-refractivity contribution in [3.05, 3.63) is 60.8 Å². The minimum atomic E-state index is -1.62. The second-order valence-corrected chi connectivity index (χ2v) is 22.0. The molecule has 0 heterocycles. The number of quaternary nitrogens is 1. The van der Waals surface area contributed by atoms with E-state index in [1.54, 1.807) is 0 Å². The summed E-state index contributed by atoms with van der Waals surface area (Å²) in [4.78, 5) is 37.3. The topological polar surface area (TPSA) is 111 Å². The smallest absolute Gasteiger partial charge is 0.306 e. The van der Waals surface area contributed by atoms with Crippen LogP contribution in [0.3, 0.4) is 0 Å². The molecule has 0 aromatic heterocycles. The number of allylic oxidation sites excluding steroid dienone is 10. The van der Waals surface area contributed by atoms with Crippen LogP contribution in [0.4, 0.5) is 0 Å². The molecule has 0 aliphatic rings. The van der Waals surface area contributed by atoms with Crippen molar-refractivity contribution in [3.63, 3.8) is 0 Å². The summed E-state index contributed by atoms with van der Waals surface area (Å²) in [6.07, 6.45) is 68.5. The molecule has 0 bridgehead atoms. The van der Waals surface area contributed by atoms with E-state index in [1.165, 1.54) is 180 Å². The largest absolute Gasteiger partial charge is 0.545 e. The van der Waals surface area contributed by atoms with Crippen LogP contribution in [0, 0.1) is 0 Å². The predicted molar refractivity (Wildman–Crippen MR) is 311 cm³/mol. The van der Waals surface area contributed by atoms with Crippen molar-refractivity contribution in [1.29, 1.82) is 0 Å². The number of carbonyl (C=O) groups is 3. The lowest BCUT2D eigenvalue weighted by atomic mass is 10.0. The number of hydrogen-bond donors (Lipinski definition) is 0. The summed E-state index contributed by atoms with van der Waals surface area (Å²) in [6, 6.07) is 0. The van der Waals surface area contributed by atoms with Crippen molar-refractivity contribution in [1.82, 2.24) is 0 Å². The van der Waals surface area contributed by atoms with Crippen LogP contribution in [-0.2, 0) is 33.3 Å². The molecule has 74 heavy (non-hydrogen) atoms. The number of likely N-dealkylation sites (N-methyl/N-ethyl adjacent to an activating group) is 1. The van der Waals surface area contributed by atoms with Gasteiger partial charge < -0.3 is 33.3 Å². The van der Waals surface area contributed by atoms with Gasteiger partial charge in [0.25, 0.3) is 0 Å². The minimum absolute atomic E-state index is 0.148. The van der Waals surface area contributed by atoms with Crippen molar-refractivity contribution in [2.45, 2.75) is 289 Å². The fourth-order valence-corrected chi connectivity index (χ4v) is 8.80. The van der Waals surface area contributed by atoms with E-state index in [1.807, 2.05) is 21.1 Å². The first-order valence-electron chi connectivity index (χ1n) is 30.9. The maximum Gasteiger partial charge on any atom is 0.306 e. The van der Waals surface area contributed by atoms with E-state index in [2.05, 4.69) is 74.6 Å². The van der Waals surface area contributed by atoms with Crippen LogP contribution in [0.2, 0.25) is 0 Å². The Kier molecular flexibility index (Phi) is 53.9. The molecule has 0 spiro atoms. The normalized spacial score (nSPS) is 13.1. The van der Waals surface area contributed by atoms with Gasteiger partial charge in [-0.2, -0.15) is 0 Å². The average Bonchev–Trinajstić information content (AvgIpc) is 3.37. The average molecular weight is 1040 g/mol. The highest BCUT2D eigenvalue weighted by Crippen LogP contribution is 2.17. The Hall–Kier alpha value is -3.01. The Morgan fingerprint density at radius 3 is 1.15 bits per heavy atom. The standard InChI is InChI=1S/C65H117NO8/c1-6-8-10-12-14-16-18-20-22-24-26-27-28-29-30-31-32-33-34-35-36-37-38-40-42-44-46-48-50-52-54-56-63(68)74-61(60-73-65(64(69)70)71-58-57-66(3,4)5)59-72-62(67)55-53-51-49-47-45-43-41-39-25-23-21-19-17-15-13-11-9-7-2/h8,10,14,16,20,22,26-27,29-30,61,65H,6-7,9,11-13,15,17-19,21,23-25,28,31-60H2,1-5H3/b10-8-,16-14-,22-20-,27-26-,30-29-. The number of esters is 2. The molecule has 0 aromatic rings. The molecule has 0 rings (SSSR count). The zero-order valence-corrected chi connectivity index (χ0v) is 49.0. The molecule has 0 aliphatic heterocycles. The molecule has 430 valence electrons. The SMILES string of the molecule is CC/C=C\C/C=C\C/C=C\C/C=C\C/C=C\CCCCCCCCCCCCCCCCCC(=O)OC(COC(=O)CCCCCCCCCCCCCCCCCCCC)COC(OCC[N+](C)(C)C)C(=O)[O-]. The summed E-state index contributed by atoms with van der Waals surface area (Å²) in [5.74, 6) is -2.27. The third kappa shape index (κ3) is 56.7. The van der Waals surface area contributed by atoms with E-state index in [9.17, 15) is 19.5 Å². The van der Waals surface area contributed by atoms with Gasteiger partial charge in [0, 0.05) is 12.8 Å². The van der Waals surface area contributed by atoms with Crippen molar-refractivity contribution in [3.8, 4) is 0 Å². The zero-order chi connectivity index (χ0) is 54.1. The van der Waals surface area contributed by atoms with E-state index in [0.717, 1.165) is 64.2 Å². The second kappa shape index (κ2) is 56.2. The van der Waals surface area contributed by atoms with Crippen molar-refractivity contribution < 1.29 is 42.9 Å². The van der Waals surface area contributed by atoms with Gasteiger partial charge in [-0.1, -0.05) is 267 Å². The van der Waals surface area contributed by atoms with Crippen LogP contribution in [0.25, 0.3) is 0 Å². The van der Waals surface area contributed by atoms with Gasteiger partial charge in [0.15, 0.2) is 12.4 Å². The van der Waals surface area contributed by atoms with Crippen LogP contribution in [-0.4, -0.2) is 82.3 Å². The molecular weight excluding hydrogens is 923 g/mol. The molecule has 0 radical (unpaired) electrons. The number of ether oxygens (including phenoxy) is 4. The number of hydrogen-bond acceptors (Lipinski definition) is 8. The van der Waals surface area contributed by atoms with Crippen LogP contribution in [0.15, 0.2) is 60.8 Å². The quantitative estimate of drug-likeness (QED) is 0.0195. The molecule has 0 fully saturated rings. The van der Waals surface area contributed by atoms with E-state index in [4.69, 9.17) is 18.9 Å². The molecule has 9 nitrogen and oxygen atoms in total. The Balaban J connectivity index is 4.14. The second-order valence-electron chi connectivity index (χ2n) is 22.0. The van der Waals surface area contributed by atoms with Gasteiger partial charge in [-0.25, -0.2) is 0 Å². The summed E-state index contributed by atoms with van der Waals surface area (Å²) in [5, 5.41) is 11.8. The monoisotopic (exact) mass is 1040 g/mol. The van der Waals surface area contributed by atoms with Gasteiger partial charge in [-0.05, 0) is 57.8 Å². The van der Waals surface area contributed by atoms with Crippen molar-refractivity contribution >= 4 is 17.9 Å². The number of carboxylic acids is 1. The van der Waals surface area contributed by atoms with Crippen LogP contribution < -0.4 is 5.11 Å². The molecule has 0 aliphatic carbocycles. The summed E-state index contributed by atoms with van der Waals surface area (Å²) in [7, 11) is 5.93. The van der Waals surface area contributed by atoms with Gasteiger partial charge in [0.2, 0.25) is 0 Å². The van der Waals surface area contributed by atoms with E-state index in [-0.39, 0.29) is 32.2 Å². The highest BCUT2D eigenvalue weighted by Gasteiger charge is 2.22. The molecule has 9 heteroatoms. The lowest BCUT2D eigenvalue weighted by molar-refractivity contribution is -0.870. The van der Waals surface area contributed by atoms with Gasteiger partial charge in [0.1, 0.15) is 13.2 Å². The highest BCUT2D eigenvalue weighted by molar-refractivity contribution is 5.70. The third-order valence-electron chi connectivity index (χ3n) is 13.5. The first kappa shape index (κ1) is 71.0. The zero-order valence-electron chi connectivity index (χ0n) is 49.0. The van der Waals surface area contributed by atoms with Crippen molar-refractivity contribution in [2.75, 3.05) is 47.5 Å². The van der Waals surface area contributed by atoms with Gasteiger partial charge >= 0.3 is 11.9 Å². The Morgan fingerprint density at radius 1 is 0.419 bits per heavy atom. The third-order valence-corrected chi connectivity index (χ3v) is 13.5. The van der Waals surface area contributed by atoms with Crippen LogP contribution in [0.5, 0.6) is 0 Å². The summed E-state index contributed by atoms with van der Waals surface area (Å²) < 4.78 is 22.7. The Morgan fingerprint density at radius 2 is 0.770 bits per heavy atom. The predicted octanol–water partition coefficient (Wildman–Crippen LogP) is 17.1. The fraction of sp³-hybridized carbons (Fsp3) is 0.800. The summed E-state index contributed by atoms with van der Waals surface area (Å²) >= 11 is 0.